The molecule has 2 aromatic heterocycles. The maximum Gasteiger partial charge on any atom is 0.341 e. The summed E-state index contributed by atoms with van der Waals surface area (Å²) < 4.78 is 8.20. The number of carbonyl (C=O) groups is 1. The van der Waals surface area contributed by atoms with E-state index >= 15 is 0 Å². The summed E-state index contributed by atoms with van der Waals surface area (Å²) in [5.74, 6) is -1.01. The molecule has 7 nitrogen and oxygen atoms in total. The van der Waals surface area contributed by atoms with Crippen LogP contribution in [0.4, 0.5) is 0 Å². The van der Waals surface area contributed by atoms with Crippen molar-refractivity contribution in [2.45, 2.75) is 13.0 Å². The Hall–Kier alpha value is -2.83. The molecule has 1 N–H and O–H groups in total. The van der Waals surface area contributed by atoms with Crippen LogP contribution in [0.25, 0.3) is 11.4 Å². The van der Waals surface area contributed by atoms with E-state index < -0.39 is 11.4 Å². The average Bonchev–Trinajstić information content (AvgIpc) is 2.49. The second-order valence-electron chi connectivity index (χ2n) is 5.14. The van der Waals surface area contributed by atoms with Gasteiger partial charge in [0, 0.05) is 25.9 Å². The number of hydrogen-bond donors (Lipinski definition) is 1. The fourth-order valence-electron chi connectivity index (χ4n) is 2.81. The van der Waals surface area contributed by atoms with Crippen molar-refractivity contribution in [2.24, 2.45) is 7.05 Å². The Kier molecular flexibility index (Phi) is 3.13. The second kappa shape index (κ2) is 4.87. The van der Waals surface area contributed by atoms with E-state index in [1.807, 2.05) is 0 Å². The number of ether oxygens (including phenoxy) is 1. The molecular formula is C15H14N2O5. The van der Waals surface area contributed by atoms with Crippen LogP contribution in [0.3, 0.4) is 0 Å². The van der Waals surface area contributed by atoms with Crippen LogP contribution in [-0.4, -0.2) is 27.3 Å². The summed E-state index contributed by atoms with van der Waals surface area (Å²) >= 11 is 0. The third-order valence-electron chi connectivity index (χ3n) is 3.90. The third-order valence-corrected chi connectivity index (χ3v) is 3.90. The monoisotopic (exact) mass is 302 g/mol. The Labute approximate surface area is 125 Å². The molecule has 0 aromatic carbocycles. The third kappa shape index (κ3) is 1.93. The van der Waals surface area contributed by atoms with E-state index in [9.17, 15) is 14.4 Å². The predicted octanol–water partition coefficient (Wildman–Crippen LogP) is 0.477. The van der Waals surface area contributed by atoms with Gasteiger partial charge in [-0.3, -0.25) is 9.59 Å². The molecule has 0 bridgehead atoms. The van der Waals surface area contributed by atoms with Crippen LogP contribution in [0, 0.1) is 0 Å². The van der Waals surface area contributed by atoms with Gasteiger partial charge in [0.1, 0.15) is 5.56 Å². The summed E-state index contributed by atoms with van der Waals surface area (Å²) in [6.07, 6.45) is 1.95. The lowest BCUT2D eigenvalue weighted by Crippen LogP contribution is -2.28. The van der Waals surface area contributed by atoms with Crippen LogP contribution >= 0.6 is 0 Å². The molecule has 0 aliphatic carbocycles. The standard InChI is InChI=1S/C15H14N2O5/c1-16-13-8(5-12(22-2)14(16)19)3-4-17-7-9(15(20)21)11(18)6-10(13)17/h5-7H,3-4H2,1-2H3,(H,20,21). The van der Waals surface area contributed by atoms with Crippen molar-refractivity contribution in [1.82, 2.24) is 9.13 Å². The highest BCUT2D eigenvalue weighted by Gasteiger charge is 2.23. The summed E-state index contributed by atoms with van der Waals surface area (Å²) in [4.78, 5) is 35.2. The van der Waals surface area contributed by atoms with E-state index in [1.54, 1.807) is 17.7 Å². The first-order chi connectivity index (χ1) is 10.4. The molecule has 1 aliphatic heterocycles. The Morgan fingerprint density at radius 3 is 2.68 bits per heavy atom. The number of pyridine rings is 2. The van der Waals surface area contributed by atoms with Crippen molar-refractivity contribution in [1.29, 1.82) is 0 Å². The zero-order valence-electron chi connectivity index (χ0n) is 12.1. The number of nitrogens with zero attached hydrogens (tertiary/aromatic N) is 2. The Balaban J connectivity index is 2.33. The van der Waals surface area contributed by atoms with Gasteiger partial charge in [-0.15, -0.1) is 0 Å². The minimum absolute atomic E-state index is 0.249. The molecule has 0 saturated carbocycles. The molecular weight excluding hydrogens is 288 g/mol. The molecule has 7 heteroatoms. The molecule has 0 spiro atoms. The highest BCUT2D eigenvalue weighted by Crippen LogP contribution is 2.29. The highest BCUT2D eigenvalue weighted by molar-refractivity contribution is 5.87. The number of aromatic carboxylic acids is 1. The molecule has 0 atom stereocenters. The molecule has 3 rings (SSSR count). The van der Waals surface area contributed by atoms with E-state index in [1.165, 1.54) is 23.9 Å². The van der Waals surface area contributed by atoms with E-state index in [0.717, 1.165) is 5.56 Å². The topological polar surface area (TPSA) is 90.5 Å². The fraction of sp³-hybridized carbons (Fsp3) is 0.267. The highest BCUT2D eigenvalue weighted by atomic mass is 16.5. The summed E-state index contributed by atoms with van der Waals surface area (Å²) in [5, 5.41) is 9.04. The van der Waals surface area contributed by atoms with Crippen molar-refractivity contribution in [3.05, 3.63) is 50.0 Å². The molecule has 0 amide bonds. The molecule has 0 saturated heterocycles. The number of fused-ring (bicyclic) bond motifs is 3. The first-order valence-electron chi connectivity index (χ1n) is 6.69. The number of hydrogen-bond acceptors (Lipinski definition) is 4. The van der Waals surface area contributed by atoms with Crippen molar-refractivity contribution in [3.8, 4) is 17.1 Å². The van der Waals surface area contributed by atoms with Crippen LogP contribution < -0.4 is 15.7 Å². The number of methoxy groups -OCH3 is 1. The molecule has 2 aromatic rings. The quantitative estimate of drug-likeness (QED) is 0.871. The van der Waals surface area contributed by atoms with E-state index in [0.29, 0.717) is 24.4 Å². The minimum Gasteiger partial charge on any atom is -0.491 e. The van der Waals surface area contributed by atoms with E-state index in [-0.39, 0.29) is 16.9 Å². The molecule has 1 aliphatic rings. The van der Waals surface area contributed by atoms with Gasteiger partial charge < -0.3 is 19.0 Å². The molecule has 3 heterocycles. The largest absolute Gasteiger partial charge is 0.491 e. The van der Waals surface area contributed by atoms with Gasteiger partial charge in [-0.05, 0) is 18.1 Å². The van der Waals surface area contributed by atoms with Gasteiger partial charge in [-0.1, -0.05) is 0 Å². The summed E-state index contributed by atoms with van der Waals surface area (Å²) in [6.45, 7) is 0.532. The maximum absolute atomic E-state index is 12.2. The smallest absolute Gasteiger partial charge is 0.341 e. The van der Waals surface area contributed by atoms with Crippen LogP contribution in [0.2, 0.25) is 0 Å². The van der Waals surface area contributed by atoms with Gasteiger partial charge in [0.15, 0.2) is 11.2 Å². The van der Waals surface area contributed by atoms with Gasteiger partial charge in [-0.2, -0.15) is 0 Å². The molecule has 0 fully saturated rings. The Morgan fingerprint density at radius 2 is 2.05 bits per heavy atom. The van der Waals surface area contributed by atoms with Gasteiger partial charge in [-0.25, -0.2) is 4.79 Å². The molecule has 0 unspecified atom stereocenters. The lowest BCUT2D eigenvalue weighted by molar-refractivity contribution is 0.0694. The lowest BCUT2D eigenvalue weighted by atomic mass is 10.0. The summed E-state index contributed by atoms with van der Waals surface area (Å²) in [6, 6.07) is 2.95. The molecule has 114 valence electrons. The first kappa shape index (κ1) is 14.1. The number of carboxylic acids is 1. The predicted molar refractivity (Wildman–Crippen MR) is 78.6 cm³/mol. The fourth-order valence-corrected chi connectivity index (χ4v) is 2.81. The van der Waals surface area contributed by atoms with Gasteiger partial charge in [0.25, 0.3) is 5.56 Å². The Morgan fingerprint density at radius 1 is 1.32 bits per heavy atom. The zero-order valence-corrected chi connectivity index (χ0v) is 12.1. The van der Waals surface area contributed by atoms with Crippen LogP contribution in [0.15, 0.2) is 27.9 Å². The van der Waals surface area contributed by atoms with Crippen molar-refractivity contribution >= 4 is 5.97 Å². The van der Waals surface area contributed by atoms with Gasteiger partial charge >= 0.3 is 5.97 Å². The van der Waals surface area contributed by atoms with Crippen LogP contribution in [-0.2, 0) is 20.0 Å². The summed E-state index contributed by atoms with van der Waals surface area (Å²) in [5.41, 5.74) is 0.899. The van der Waals surface area contributed by atoms with Crippen molar-refractivity contribution in [3.63, 3.8) is 0 Å². The lowest BCUT2D eigenvalue weighted by Gasteiger charge is -2.25. The molecule has 22 heavy (non-hydrogen) atoms. The van der Waals surface area contributed by atoms with Crippen LogP contribution in [0.1, 0.15) is 15.9 Å². The first-order valence-corrected chi connectivity index (χ1v) is 6.69. The molecule has 0 radical (unpaired) electrons. The number of carboxylic acid groups (broad SMARTS) is 1. The maximum atomic E-state index is 12.2. The van der Waals surface area contributed by atoms with Crippen LogP contribution in [0.5, 0.6) is 5.75 Å². The number of aryl methyl sites for hydroxylation is 2. The van der Waals surface area contributed by atoms with E-state index in [4.69, 9.17) is 9.84 Å². The minimum atomic E-state index is -1.25. The summed E-state index contributed by atoms with van der Waals surface area (Å²) in [7, 11) is 3.04. The van der Waals surface area contributed by atoms with Crippen molar-refractivity contribution in [2.75, 3.05) is 7.11 Å². The SMILES string of the molecule is COc1cc2c(n(C)c1=O)-c1cc(=O)c(C(=O)O)cn1CC2. The van der Waals surface area contributed by atoms with Crippen molar-refractivity contribution < 1.29 is 14.6 Å². The van der Waals surface area contributed by atoms with Gasteiger partial charge in [0.2, 0.25) is 0 Å². The van der Waals surface area contributed by atoms with E-state index in [2.05, 4.69) is 0 Å². The Bertz CT molecular complexity index is 907. The second-order valence-corrected chi connectivity index (χ2v) is 5.14. The zero-order chi connectivity index (χ0) is 16.0. The number of rotatable bonds is 2. The normalized spacial score (nSPS) is 12.5. The van der Waals surface area contributed by atoms with Gasteiger partial charge in [0.05, 0.1) is 18.5 Å². The number of aromatic nitrogens is 2. The average molecular weight is 302 g/mol.